The number of hydrogen-bond acceptors (Lipinski definition) is 7. The number of hydrogen-bond donors (Lipinski definition) is 3. The second-order valence-electron chi connectivity index (χ2n) is 7.73. The Labute approximate surface area is 169 Å². The predicted octanol–water partition coefficient (Wildman–Crippen LogP) is 1.69. The van der Waals surface area contributed by atoms with Crippen LogP contribution in [0.3, 0.4) is 0 Å². The predicted molar refractivity (Wildman–Crippen MR) is 110 cm³/mol. The second-order valence-corrected chi connectivity index (χ2v) is 7.73. The van der Waals surface area contributed by atoms with Crippen molar-refractivity contribution in [3.63, 3.8) is 0 Å². The molecule has 0 saturated heterocycles. The number of anilines is 2. The molecule has 9 nitrogen and oxygen atoms in total. The third-order valence-corrected chi connectivity index (χ3v) is 5.74. The van der Waals surface area contributed by atoms with E-state index < -0.39 is 0 Å². The van der Waals surface area contributed by atoms with Crippen molar-refractivity contribution in [3.8, 4) is 6.07 Å². The molecule has 3 aromatic rings. The average molecular weight is 394 g/mol. The first-order chi connectivity index (χ1) is 13.9. The molecule has 1 aliphatic carbocycles. The molecule has 3 aromatic heterocycles. The van der Waals surface area contributed by atoms with Crippen molar-refractivity contribution in [1.29, 1.82) is 5.26 Å². The van der Waals surface area contributed by atoms with Crippen molar-refractivity contribution in [3.05, 3.63) is 34.3 Å². The van der Waals surface area contributed by atoms with Crippen LogP contribution in [0.4, 0.5) is 11.6 Å². The van der Waals surface area contributed by atoms with E-state index in [-0.39, 0.29) is 12.1 Å². The summed E-state index contributed by atoms with van der Waals surface area (Å²) in [5, 5.41) is 31.6. The Morgan fingerprint density at radius 1 is 1.34 bits per heavy atom. The summed E-state index contributed by atoms with van der Waals surface area (Å²) in [5.41, 5.74) is 10.9. The molecule has 0 atom stereocenters. The molecular weight excluding hydrogens is 368 g/mol. The maximum Gasteiger partial charge on any atom is 0.163 e. The van der Waals surface area contributed by atoms with Crippen molar-refractivity contribution >= 4 is 17.3 Å². The van der Waals surface area contributed by atoms with Gasteiger partial charge < -0.3 is 16.2 Å². The first kappa shape index (κ1) is 19.2. The lowest BCUT2D eigenvalue weighted by atomic mass is 10.2. The minimum Gasteiger partial charge on any atom is -0.394 e. The van der Waals surface area contributed by atoms with Gasteiger partial charge in [-0.2, -0.15) is 20.0 Å². The number of aliphatic hydroxyl groups excluding tert-OH is 1. The number of aryl methyl sites for hydroxylation is 3. The maximum atomic E-state index is 9.65. The van der Waals surface area contributed by atoms with Crippen molar-refractivity contribution < 1.29 is 5.11 Å². The van der Waals surface area contributed by atoms with Gasteiger partial charge in [-0.1, -0.05) is 6.92 Å². The van der Waals surface area contributed by atoms with Gasteiger partial charge >= 0.3 is 0 Å². The molecule has 0 unspecified atom stereocenters. The highest BCUT2D eigenvalue weighted by molar-refractivity contribution is 5.69. The summed E-state index contributed by atoms with van der Waals surface area (Å²) >= 11 is 0. The highest BCUT2D eigenvalue weighted by atomic mass is 16.3. The highest BCUT2D eigenvalue weighted by Crippen LogP contribution is 2.43. The number of fused-ring (bicyclic) bond motifs is 1. The average Bonchev–Trinajstić information content (AvgIpc) is 3.31. The van der Waals surface area contributed by atoms with Crippen molar-refractivity contribution in [1.82, 2.24) is 24.4 Å². The van der Waals surface area contributed by atoms with Gasteiger partial charge in [-0.15, -0.1) is 0 Å². The lowest BCUT2D eigenvalue weighted by Gasteiger charge is -2.14. The fourth-order valence-corrected chi connectivity index (χ4v) is 3.90. The molecule has 4 N–H and O–H groups in total. The Morgan fingerprint density at radius 3 is 2.72 bits per heavy atom. The van der Waals surface area contributed by atoms with E-state index in [0.29, 0.717) is 35.8 Å². The Bertz CT molecular complexity index is 1120. The zero-order valence-corrected chi connectivity index (χ0v) is 17.0. The van der Waals surface area contributed by atoms with E-state index >= 15 is 0 Å². The number of nitrogens with one attached hydrogen (secondary N) is 1. The minimum atomic E-state index is -0.207. The van der Waals surface area contributed by atoms with E-state index in [1.165, 1.54) is 0 Å². The zero-order chi connectivity index (χ0) is 20.8. The van der Waals surface area contributed by atoms with E-state index in [9.17, 15) is 10.4 Å². The van der Waals surface area contributed by atoms with Crippen LogP contribution in [0.1, 0.15) is 48.0 Å². The monoisotopic (exact) mass is 394 g/mol. The Morgan fingerprint density at radius 2 is 2.10 bits per heavy atom. The van der Waals surface area contributed by atoms with Crippen LogP contribution in [0.5, 0.6) is 0 Å². The van der Waals surface area contributed by atoms with Crippen LogP contribution >= 0.6 is 0 Å². The van der Waals surface area contributed by atoms with Gasteiger partial charge in [0.25, 0.3) is 0 Å². The SMILES string of the molecule is CCc1c(C)nn2c(N)c(C#N)c(NCCc3cc(C)n(C4(CO)CC4)n3)nc12. The molecule has 4 rings (SSSR count). The van der Waals surface area contributed by atoms with Gasteiger partial charge in [0.15, 0.2) is 5.65 Å². The Balaban J connectivity index is 1.56. The molecule has 9 heteroatoms. The third-order valence-electron chi connectivity index (χ3n) is 5.74. The van der Waals surface area contributed by atoms with E-state index in [1.54, 1.807) is 4.52 Å². The molecule has 1 aliphatic rings. The van der Waals surface area contributed by atoms with E-state index in [2.05, 4.69) is 26.6 Å². The fourth-order valence-electron chi connectivity index (χ4n) is 3.90. The molecule has 1 fully saturated rings. The summed E-state index contributed by atoms with van der Waals surface area (Å²) in [7, 11) is 0. The summed E-state index contributed by atoms with van der Waals surface area (Å²) < 4.78 is 3.50. The number of aliphatic hydroxyl groups is 1. The number of nitriles is 1. The van der Waals surface area contributed by atoms with Crippen molar-refractivity contribution in [2.24, 2.45) is 0 Å². The number of nitrogens with zero attached hydrogens (tertiary/aromatic N) is 6. The van der Waals surface area contributed by atoms with E-state index in [4.69, 9.17) is 5.73 Å². The summed E-state index contributed by atoms with van der Waals surface area (Å²) in [4.78, 5) is 4.64. The number of nitrogens with two attached hydrogens (primary N) is 1. The highest BCUT2D eigenvalue weighted by Gasteiger charge is 2.45. The Hall–Kier alpha value is -3.12. The van der Waals surface area contributed by atoms with Crippen LogP contribution in [0.15, 0.2) is 6.07 Å². The lowest BCUT2D eigenvalue weighted by Crippen LogP contribution is -2.24. The molecule has 0 bridgehead atoms. The molecule has 0 radical (unpaired) electrons. The summed E-state index contributed by atoms with van der Waals surface area (Å²) in [5.74, 6) is 0.763. The normalized spacial score (nSPS) is 14.9. The molecule has 152 valence electrons. The van der Waals surface area contributed by atoms with Crippen molar-refractivity contribution in [2.45, 2.75) is 52.0 Å². The Kier molecular flexibility index (Phi) is 4.67. The van der Waals surface area contributed by atoms with E-state index in [0.717, 1.165) is 41.9 Å². The molecule has 1 saturated carbocycles. The molecule has 0 aromatic carbocycles. The topological polar surface area (TPSA) is 130 Å². The smallest absolute Gasteiger partial charge is 0.163 e. The van der Waals surface area contributed by atoms with Crippen LogP contribution in [-0.4, -0.2) is 42.6 Å². The molecule has 3 heterocycles. The largest absolute Gasteiger partial charge is 0.394 e. The van der Waals surface area contributed by atoms with Crippen LogP contribution in [0.25, 0.3) is 5.65 Å². The first-order valence-corrected chi connectivity index (χ1v) is 9.92. The van der Waals surface area contributed by atoms with Gasteiger partial charge in [0.1, 0.15) is 23.3 Å². The fraction of sp³-hybridized carbons (Fsp3) is 0.500. The summed E-state index contributed by atoms with van der Waals surface area (Å²) in [6.45, 7) is 6.66. The van der Waals surface area contributed by atoms with Gasteiger partial charge in [0.2, 0.25) is 0 Å². The number of nitrogen functional groups attached to an aromatic ring is 1. The van der Waals surface area contributed by atoms with Gasteiger partial charge in [0, 0.05) is 24.2 Å². The summed E-state index contributed by atoms with van der Waals surface area (Å²) in [6.07, 6.45) is 3.38. The standard InChI is InChI=1S/C20H26N8O/c1-4-15-13(3)25-27-17(22)16(10-21)18(24-19(15)27)23-8-5-14-9-12(2)28(26-14)20(11-29)6-7-20/h9,29H,4-8,11,22H2,1-3H3,(H,23,24). The van der Waals surface area contributed by atoms with Crippen molar-refractivity contribution in [2.75, 3.05) is 24.2 Å². The molecule has 0 aliphatic heterocycles. The third kappa shape index (κ3) is 3.09. The first-order valence-electron chi connectivity index (χ1n) is 9.92. The summed E-state index contributed by atoms with van der Waals surface area (Å²) in [6, 6.07) is 4.19. The maximum absolute atomic E-state index is 9.65. The quantitative estimate of drug-likeness (QED) is 0.556. The van der Waals surface area contributed by atoms with Gasteiger partial charge in [-0.3, -0.25) is 4.68 Å². The van der Waals surface area contributed by atoms with Gasteiger partial charge in [0.05, 0.1) is 23.5 Å². The van der Waals surface area contributed by atoms with Crippen LogP contribution in [-0.2, 0) is 18.4 Å². The molecule has 29 heavy (non-hydrogen) atoms. The van der Waals surface area contributed by atoms with Gasteiger partial charge in [-0.05, 0) is 39.2 Å². The number of rotatable bonds is 7. The van der Waals surface area contributed by atoms with Crippen LogP contribution in [0.2, 0.25) is 0 Å². The molecule has 0 amide bonds. The van der Waals surface area contributed by atoms with Crippen LogP contribution in [0, 0.1) is 25.2 Å². The lowest BCUT2D eigenvalue weighted by molar-refractivity contribution is 0.200. The molecular formula is C20H26N8O. The van der Waals surface area contributed by atoms with Gasteiger partial charge in [-0.25, -0.2) is 4.98 Å². The van der Waals surface area contributed by atoms with Crippen LogP contribution < -0.4 is 11.1 Å². The molecule has 0 spiro atoms. The minimum absolute atomic E-state index is 0.118. The zero-order valence-electron chi connectivity index (χ0n) is 17.0. The second kappa shape index (κ2) is 7.04. The van der Waals surface area contributed by atoms with E-state index in [1.807, 2.05) is 31.5 Å². The number of aromatic nitrogens is 5.